The minimum Gasteiger partial charge on any atom is -0.379 e. The Hall–Kier alpha value is -1.99. The number of carbonyl (C=O) groups is 2. The molecule has 0 atom stereocenters. The molecule has 1 aromatic heterocycles. The van der Waals surface area contributed by atoms with Gasteiger partial charge in [-0.05, 0) is 25.0 Å². The van der Waals surface area contributed by atoms with Gasteiger partial charge in [0.1, 0.15) is 5.69 Å². The van der Waals surface area contributed by atoms with Gasteiger partial charge in [-0.3, -0.25) is 19.5 Å². The number of carbonyl (C=O) groups excluding carboxylic acids is 2. The number of hydrogen-bond donors (Lipinski definition) is 2. The highest BCUT2D eigenvalue weighted by Crippen LogP contribution is 2.18. The maximum atomic E-state index is 12.3. The van der Waals surface area contributed by atoms with E-state index >= 15 is 0 Å². The lowest BCUT2D eigenvalue weighted by Crippen LogP contribution is -2.41. The van der Waals surface area contributed by atoms with Crippen molar-refractivity contribution >= 4 is 11.8 Å². The summed E-state index contributed by atoms with van der Waals surface area (Å²) >= 11 is 0. The van der Waals surface area contributed by atoms with E-state index in [9.17, 15) is 9.59 Å². The van der Waals surface area contributed by atoms with Gasteiger partial charge < -0.3 is 15.4 Å². The summed E-state index contributed by atoms with van der Waals surface area (Å²) in [5.41, 5.74) is 0.765. The molecule has 0 radical (unpaired) electrons. The Morgan fingerprint density at radius 3 is 2.72 bits per heavy atom. The van der Waals surface area contributed by atoms with Gasteiger partial charge in [0.05, 0.1) is 13.2 Å². The Balaban J connectivity index is 1.49. The molecule has 0 spiro atoms. The van der Waals surface area contributed by atoms with E-state index in [1.165, 1.54) is 6.20 Å². The van der Waals surface area contributed by atoms with Crippen LogP contribution >= 0.6 is 0 Å². The molecule has 2 fully saturated rings. The molecule has 1 aromatic rings. The van der Waals surface area contributed by atoms with Crippen molar-refractivity contribution < 1.29 is 14.3 Å². The van der Waals surface area contributed by atoms with E-state index in [1.807, 2.05) is 0 Å². The molecule has 0 aromatic carbocycles. The normalized spacial score (nSPS) is 18.9. The van der Waals surface area contributed by atoms with Crippen LogP contribution in [0.1, 0.15) is 46.5 Å². The van der Waals surface area contributed by atoms with Gasteiger partial charge in [-0.1, -0.05) is 12.8 Å². The number of ether oxygens (including phenoxy) is 1. The van der Waals surface area contributed by atoms with Crippen LogP contribution in [0.5, 0.6) is 0 Å². The maximum absolute atomic E-state index is 12.3. The molecule has 0 bridgehead atoms. The lowest BCUT2D eigenvalue weighted by molar-refractivity contribution is 0.0383. The van der Waals surface area contributed by atoms with Crippen LogP contribution in [0.2, 0.25) is 0 Å². The lowest BCUT2D eigenvalue weighted by atomic mass is 10.2. The molecule has 2 aliphatic rings. The van der Waals surface area contributed by atoms with Crippen LogP contribution in [0.25, 0.3) is 0 Å². The Bertz CT molecular complexity index is 596. The first-order valence-electron chi connectivity index (χ1n) is 9.07. The molecule has 1 saturated heterocycles. The summed E-state index contributed by atoms with van der Waals surface area (Å²) in [6.45, 7) is 4.67. The van der Waals surface area contributed by atoms with Gasteiger partial charge in [0, 0.05) is 44.0 Å². The molecular formula is C18H26N4O3. The monoisotopic (exact) mass is 346 g/mol. The standard InChI is InChI=1S/C18H26N4O3/c23-17(20-7-8-22-9-11-25-12-10-22)14-5-6-19-16(13-14)18(24)21-15-3-1-2-4-15/h5-6,13,15H,1-4,7-12H2,(H,20,23)(H,21,24). The average molecular weight is 346 g/mol. The number of rotatable bonds is 6. The minimum atomic E-state index is -0.199. The highest BCUT2D eigenvalue weighted by atomic mass is 16.5. The number of nitrogens with one attached hydrogen (secondary N) is 2. The van der Waals surface area contributed by atoms with Crippen molar-refractivity contribution in [1.29, 1.82) is 0 Å². The molecule has 1 aliphatic carbocycles. The zero-order valence-corrected chi connectivity index (χ0v) is 14.5. The molecule has 7 nitrogen and oxygen atoms in total. The van der Waals surface area contributed by atoms with Crippen LogP contribution in [0.4, 0.5) is 0 Å². The molecule has 2 amide bonds. The fourth-order valence-electron chi connectivity index (χ4n) is 3.28. The fraction of sp³-hybridized carbons (Fsp3) is 0.611. The van der Waals surface area contributed by atoms with Crippen molar-refractivity contribution in [1.82, 2.24) is 20.5 Å². The molecule has 2 heterocycles. The molecule has 7 heteroatoms. The predicted octanol–water partition coefficient (Wildman–Crippen LogP) is 0.816. The van der Waals surface area contributed by atoms with E-state index in [0.717, 1.165) is 58.5 Å². The molecule has 2 N–H and O–H groups in total. The van der Waals surface area contributed by atoms with Gasteiger partial charge >= 0.3 is 0 Å². The summed E-state index contributed by atoms with van der Waals surface area (Å²) in [5.74, 6) is -0.375. The molecule has 1 saturated carbocycles. The van der Waals surface area contributed by atoms with Gasteiger partial charge in [-0.2, -0.15) is 0 Å². The fourth-order valence-corrected chi connectivity index (χ4v) is 3.28. The van der Waals surface area contributed by atoms with Crippen LogP contribution in [-0.4, -0.2) is 67.1 Å². The minimum absolute atomic E-state index is 0.175. The van der Waals surface area contributed by atoms with E-state index in [-0.39, 0.29) is 17.9 Å². The largest absolute Gasteiger partial charge is 0.379 e. The number of aromatic nitrogens is 1. The second-order valence-corrected chi connectivity index (χ2v) is 6.59. The summed E-state index contributed by atoms with van der Waals surface area (Å²) in [6.07, 6.45) is 5.87. The Morgan fingerprint density at radius 2 is 1.96 bits per heavy atom. The second-order valence-electron chi connectivity index (χ2n) is 6.59. The third kappa shape index (κ3) is 5.24. The lowest BCUT2D eigenvalue weighted by Gasteiger charge is -2.26. The second kappa shape index (κ2) is 8.92. The highest BCUT2D eigenvalue weighted by Gasteiger charge is 2.19. The smallest absolute Gasteiger partial charge is 0.270 e. The number of morpholine rings is 1. The molecule has 136 valence electrons. The quantitative estimate of drug-likeness (QED) is 0.797. The van der Waals surface area contributed by atoms with Crippen LogP contribution in [-0.2, 0) is 4.74 Å². The number of pyridine rings is 1. The van der Waals surface area contributed by atoms with E-state index in [2.05, 4.69) is 20.5 Å². The Kier molecular flexibility index (Phi) is 6.36. The molecule has 1 aliphatic heterocycles. The average Bonchev–Trinajstić information content (AvgIpc) is 3.15. The third-order valence-electron chi connectivity index (χ3n) is 4.76. The van der Waals surface area contributed by atoms with Gasteiger partial charge in [-0.15, -0.1) is 0 Å². The Labute approximate surface area is 148 Å². The maximum Gasteiger partial charge on any atom is 0.270 e. The topological polar surface area (TPSA) is 83.6 Å². The van der Waals surface area contributed by atoms with Gasteiger partial charge in [-0.25, -0.2) is 0 Å². The number of nitrogens with zero attached hydrogens (tertiary/aromatic N) is 2. The first-order valence-corrected chi connectivity index (χ1v) is 9.07. The first kappa shape index (κ1) is 17.8. The molecule has 3 rings (SSSR count). The van der Waals surface area contributed by atoms with Crippen molar-refractivity contribution in [3.63, 3.8) is 0 Å². The Morgan fingerprint density at radius 1 is 1.20 bits per heavy atom. The van der Waals surface area contributed by atoms with E-state index < -0.39 is 0 Å². The van der Waals surface area contributed by atoms with Crippen LogP contribution in [0.3, 0.4) is 0 Å². The summed E-state index contributed by atoms with van der Waals surface area (Å²) in [7, 11) is 0. The SMILES string of the molecule is O=C(NCCN1CCOCC1)c1ccnc(C(=O)NC2CCCC2)c1. The summed E-state index contributed by atoms with van der Waals surface area (Å²) < 4.78 is 5.31. The van der Waals surface area contributed by atoms with Gasteiger partial charge in [0.15, 0.2) is 0 Å². The highest BCUT2D eigenvalue weighted by molar-refractivity contribution is 5.98. The van der Waals surface area contributed by atoms with Crippen LogP contribution < -0.4 is 10.6 Å². The van der Waals surface area contributed by atoms with Crippen molar-refractivity contribution in [3.05, 3.63) is 29.6 Å². The van der Waals surface area contributed by atoms with Crippen molar-refractivity contribution in [3.8, 4) is 0 Å². The molecular weight excluding hydrogens is 320 g/mol. The summed E-state index contributed by atoms with van der Waals surface area (Å²) in [5, 5.41) is 5.90. The van der Waals surface area contributed by atoms with Crippen molar-refractivity contribution in [2.75, 3.05) is 39.4 Å². The van der Waals surface area contributed by atoms with Crippen LogP contribution in [0.15, 0.2) is 18.3 Å². The first-order chi connectivity index (χ1) is 12.2. The van der Waals surface area contributed by atoms with Crippen molar-refractivity contribution in [2.45, 2.75) is 31.7 Å². The van der Waals surface area contributed by atoms with Gasteiger partial charge in [0.2, 0.25) is 0 Å². The summed E-state index contributed by atoms with van der Waals surface area (Å²) in [6, 6.07) is 3.44. The zero-order chi connectivity index (χ0) is 17.5. The number of amides is 2. The van der Waals surface area contributed by atoms with E-state index in [4.69, 9.17) is 4.74 Å². The van der Waals surface area contributed by atoms with E-state index in [1.54, 1.807) is 12.1 Å². The molecule has 25 heavy (non-hydrogen) atoms. The zero-order valence-electron chi connectivity index (χ0n) is 14.5. The number of hydrogen-bond acceptors (Lipinski definition) is 5. The third-order valence-corrected chi connectivity index (χ3v) is 4.76. The summed E-state index contributed by atoms with van der Waals surface area (Å²) in [4.78, 5) is 30.9. The van der Waals surface area contributed by atoms with E-state index in [0.29, 0.717) is 17.8 Å². The van der Waals surface area contributed by atoms with Gasteiger partial charge in [0.25, 0.3) is 11.8 Å². The molecule has 0 unspecified atom stereocenters. The predicted molar refractivity (Wildman–Crippen MR) is 93.6 cm³/mol. The van der Waals surface area contributed by atoms with Crippen LogP contribution in [0, 0.1) is 0 Å². The van der Waals surface area contributed by atoms with Crippen molar-refractivity contribution in [2.24, 2.45) is 0 Å².